The number of carbonyl (C=O) groups excluding carboxylic acids is 1. The Morgan fingerprint density at radius 2 is 2.11 bits per heavy atom. The summed E-state index contributed by atoms with van der Waals surface area (Å²) in [5.74, 6) is 0.948. The molecule has 0 bridgehead atoms. The molecule has 1 amide bonds. The lowest BCUT2D eigenvalue weighted by Gasteiger charge is -2.37. The summed E-state index contributed by atoms with van der Waals surface area (Å²) in [4.78, 5) is 19.1. The van der Waals surface area contributed by atoms with Crippen LogP contribution in [0.2, 0.25) is 0 Å². The SMILES string of the molecule is COc1cnccc1-c1ccc(C(=O)N2CCO[C@H]3C[C@H](CO)C[C@@H]32)cc1. The van der Waals surface area contributed by atoms with Crippen LogP contribution in [0.3, 0.4) is 0 Å². The maximum atomic E-state index is 13.1. The van der Waals surface area contributed by atoms with Crippen LogP contribution in [0.5, 0.6) is 5.75 Å². The number of hydrogen-bond donors (Lipinski definition) is 1. The van der Waals surface area contributed by atoms with Gasteiger partial charge in [0.2, 0.25) is 0 Å². The highest BCUT2D eigenvalue weighted by Crippen LogP contribution is 2.35. The fourth-order valence-electron chi connectivity index (χ4n) is 4.19. The number of aliphatic hydroxyl groups excluding tert-OH is 1. The van der Waals surface area contributed by atoms with Crippen molar-refractivity contribution in [3.05, 3.63) is 48.3 Å². The number of ether oxygens (including phenoxy) is 2. The number of fused-ring (bicyclic) bond motifs is 1. The topological polar surface area (TPSA) is 71.9 Å². The Balaban J connectivity index is 1.54. The molecule has 6 heteroatoms. The highest BCUT2D eigenvalue weighted by molar-refractivity contribution is 5.95. The number of nitrogens with zero attached hydrogens (tertiary/aromatic N) is 2. The van der Waals surface area contributed by atoms with Crippen molar-refractivity contribution in [1.82, 2.24) is 9.88 Å². The molecular formula is C21H24N2O4. The number of amides is 1. The van der Waals surface area contributed by atoms with Gasteiger partial charge in [-0.05, 0) is 42.5 Å². The molecule has 2 aromatic rings. The lowest BCUT2D eigenvalue weighted by molar-refractivity contribution is -0.0448. The molecule has 6 nitrogen and oxygen atoms in total. The normalized spacial score (nSPS) is 24.5. The van der Waals surface area contributed by atoms with Crippen molar-refractivity contribution >= 4 is 5.91 Å². The van der Waals surface area contributed by atoms with Crippen molar-refractivity contribution in [2.45, 2.75) is 25.0 Å². The second kappa shape index (κ2) is 7.66. The summed E-state index contributed by atoms with van der Waals surface area (Å²) in [6, 6.07) is 9.56. The van der Waals surface area contributed by atoms with Gasteiger partial charge in [0.15, 0.2) is 0 Å². The van der Waals surface area contributed by atoms with E-state index in [0.29, 0.717) is 24.5 Å². The first kappa shape index (κ1) is 17.9. The molecule has 1 saturated carbocycles. The predicted octanol–water partition coefficient (Wildman–Crippen LogP) is 2.37. The molecule has 1 N–H and O–H groups in total. The Kier molecular flexibility index (Phi) is 5.09. The Labute approximate surface area is 158 Å². The second-order valence-corrected chi connectivity index (χ2v) is 7.15. The van der Waals surface area contributed by atoms with Gasteiger partial charge >= 0.3 is 0 Å². The number of aromatic nitrogens is 1. The average Bonchev–Trinajstić information content (AvgIpc) is 3.17. The minimum Gasteiger partial charge on any atom is -0.494 e. The third-order valence-electron chi connectivity index (χ3n) is 5.60. The summed E-state index contributed by atoms with van der Waals surface area (Å²) in [5, 5.41) is 9.46. The van der Waals surface area contributed by atoms with E-state index >= 15 is 0 Å². The number of benzene rings is 1. The molecule has 2 fully saturated rings. The van der Waals surface area contributed by atoms with Crippen LogP contribution in [0.1, 0.15) is 23.2 Å². The number of aliphatic hydroxyl groups is 1. The molecule has 4 rings (SSSR count). The van der Waals surface area contributed by atoms with Gasteiger partial charge in [0.25, 0.3) is 5.91 Å². The number of methoxy groups -OCH3 is 1. The maximum absolute atomic E-state index is 13.1. The van der Waals surface area contributed by atoms with E-state index in [-0.39, 0.29) is 30.6 Å². The van der Waals surface area contributed by atoms with Gasteiger partial charge in [0, 0.05) is 30.5 Å². The van der Waals surface area contributed by atoms with Crippen LogP contribution in [0, 0.1) is 5.92 Å². The monoisotopic (exact) mass is 368 g/mol. The highest BCUT2D eigenvalue weighted by Gasteiger charge is 2.42. The van der Waals surface area contributed by atoms with Gasteiger partial charge in [-0.3, -0.25) is 9.78 Å². The van der Waals surface area contributed by atoms with E-state index in [2.05, 4.69) is 4.98 Å². The summed E-state index contributed by atoms with van der Waals surface area (Å²) in [5.41, 5.74) is 2.59. The van der Waals surface area contributed by atoms with E-state index in [4.69, 9.17) is 9.47 Å². The van der Waals surface area contributed by atoms with Gasteiger partial charge in [-0.15, -0.1) is 0 Å². The summed E-state index contributed by atoms with van der Waals surface area (Å²) in [6.07, 6.45) is 5.08. The third-order valence-corrected chi connectivity index (χ3v) is 5.60. The molecule has 3 atom stereocenters. The van der Waals surface area contributed by atoms with E-state index in [9.17, 15) is 9.90 Å². The lowest BCUT2D eigenvalue weighted by atomic mass is 10.0. The predicted molar refractivity (Wildman–Crippen MR) is 101 cm³/mol. The first-order valence-corrected chi connectivity index (χ1v) is 9.33. The first-order chi connectivity index (χ1) is 13.2. The van der Waals surface area contributed by atoms with Crippen molar-refractivity contribution in [3.8, 4) is 16.9 Å². The number of carbonyl (C=O) groups is 1. The largest absolute Gasteiger partial charge is 0.494 e. The molecule has 2 heterocycles. The van der Waals surface area contributed by atoms with Crippen LogP contribution in [-0.4, -0.2) is 59.9 Å². The summed E-state index contributed by atoms with van der Waals surface area (Å²) in [7, 11) is 1.62. The number of hydrogen-bond acceptors (Lipinski definition) is 5. The van der Waals surface area contributed by atoms with Gasteiger partial charge < -0.3 is 19.5 Å². The Hall–Kier alpha value is -2.44. The molecular weight excluding hydrogens is 344 g/mol. The Bertz CT molecular complexity index is 808. The fraction of sp³-hybridized carbons (Fsp3) is 0.429. The zero-order valence-corrected chi connectivity index (χ0v) is 15.4. The van der Waals surface area contributed by atoms with Crippen molar-refractivity contribution in [3.63, 3.8) is 0 Å². The van der Waals surface area contributed by atoms with E-state index in [1.54, 1.807) is 19.5 Å². The van der Waals surface area contributed by atoms with E-state index in [1.807, 2.05) is 35.2 Å². The number of rotatable bonds is 4. The maximum Gasteiger partial charge on any atom is 0.254 e. The Morgan fingerprint density at radius 1 is 1.30 bits per heavy atom. The summed E-state index contributed by atoms with van der Waals surface area (Å²) in [6.45, 7) is 1.30. The standard InChI is InChI=1S/C21H24N2O4/c1-26-20-12-22-7-6-17(20)15-2-4-16(5-3-15)21(25)23-8-9-27-19-11-14(13-24)10-18(19)23/h2-7,12,14,18-19,24H,8-11,13H2,1H3/t14-,18+,19+/m1/s1. The fourth-order valence-corrected chi connectivity index (χ4v) is 4.19. The third kappa shape index (κ3) is 3.42. The minimum atomic E-state index is 0.0279. The molecule has 1 saturated heterocycles. The molecule has 1 aromatic heterocycles. The highest BCUT2D eigenvalue weighted by atomic mass is 16.5. The van der Waals surface area contributed by atoms with Crippen LogP contribution in [0.15, 0.2) is 42.7 Å². The summed E-state index contributed by atoms with van der Waals surface area (Å²) >= 11 is 0. The summed E-state index contributed by atoms with van der Waals surface area (Å²) < 4.78 is 11.2. The van der Waals surface area contributed by atoms with Crippen LogP contribution < -0.4 is 4.74 Å². The van der Waals surface area contributed by atoms with E-state index < -0.39 is 0 Å². The van der Waals surface area contributed by atoms with E-state index in [0.717, 1.165) is 24.0 Å². The zero-order valence-electron chi connectivity index (χ0n) is 15.4. The average molecular weight is 368 g/mol. The number of morpholine rings is 1. The zero-order chi connectivity index (χ0) is 18.8. The van der Waals surface area contributed by atoms with Crippen LogP contribution in [0.4, 0.5) is 0 Å². The lowest BCUT2D eigenvalue weighted by Crippen LogP contribution is -2.51. The van der Waals surface area contributed by atoms with Crippen molar-refractivity contribution < 1.29 is 19.4 Å². The molecule has 27 heavy (non-hydrogen) atoms. The number of pyridine rings is 1. The minimum absolute atomic E-state index is 0.0279. The molecule has 2 aliphatic rings. The molecule has 1 aliphatic heterocycles. The smallest absolute Gasteiger partial charge is 0.254 e. The van der Waals surface area contributed by atoms with Crippen LogP contribution >= 0.6 is 0 Å². The van der Waals surface area contributed by atoms with E-state index in [1.165, 1.54) is 0 Å². The van der Waals surface area contributed by atoms with Gasteiger partial charge in [-0.1, -0.05) is 12.1 Å². The van der Waals surface area contributed by atoms with Gasteiger partial charge in [-0.2, -0.15) is 0 Å². The van der Waals surface area contributed by atoms with Crippen LogP contribution in [-0.2, 0) is 4.74 Å². The van der Waals surface area contributed by atoms with Crippen molar-refractivity contribution in [2.75, 3.05) is 26.9 Å². The second-order valence-electron chi connectivity index (χ2n) is 7.15. The van der Waals surface area contributed by atoms with Crippen LogP contribution in [0.25, 0.3) is 11.1 Å². The quantitative estimate of drug-likeness (QED) is 0.897. The Morgan fingerprint density at radius 3 is 2.85 bits per heavy atom. The molecule has 0 radical (unpaired) electrons. The first-order valence-electron chi connectivity index (χ1n) is 9.33. The molecule has 0 spiro atoms. The molecule has 0 unspecified atom stereocenters. The molecule has 1 aromatic carbocycles. The van der Waals surface area contributed by atoms with Crippen molar-refractivity contribution in [2.24, 2.45) is 5.92 Å². The van der Waals surface area contributed by atoms with Gasteiger partial charge in [-0.25, -0.2) is 0 Å². The molecule has 142 valence electrons. The van der Waals surface area contributed by atoms with Gasteiger partial charge in [0.05, 0.1) is 32.1 Å². The van der Waals surface area contributed by atoms with Crippen molar-refractivity contribution in [1.29, 1.82) is 0 Å². The van der Waals surface area contributed by atoms with Gasteiger partial charge in [0.1, 0.15) is 5.75 Å². The molecule has 1 aliphatic carbocycles.